The first-order valence-electron chi connectivity index (χ1n) is 7.37. The molecule has 2 aromatic carbocycles. The van der Waals surface area contributed by atoms with Gasteiger partial charge in [0.2, 0.25) is 10.0 Å². The third-order valence-corrected chi connectivity index (χ3v) is 5.84. The molecule has 0 amide bonds. The molecule has 1 saturated carbocycles. The molecular weight excluding hydrogens is 282 g/mol. The van der Waals surface area contributed by atoms with Crippen LogP contribution in [-0.2, 0) is 10.0 Å². The number of fused-ring (bicyclic) bond motifs is 1. The summed E-state index contributed by atoms with van der Waals surface area (Å²) in [5.41, 5.74) is 0.233. The Hall–Kier alpha value is -1.39. The molecule has 1 fully saturated rings. The topological polar surface area (TPSA) is 46.2 Å². The highest BCUT2D eigenvalue weighted by atomic mass is 32.2. The minimum absolute atomic E-state index is 0.0523. The molecule has 0 aliphatic heterocycles. The van der Waals surface area contributed by atoms with Crippen LogP contribution in [0.15, 0.2) is 47.4 Å². The first-order chi connectivity index (χ1) is 9.86. The van der Waals surface area contributed by atoms with Crippen molar-refractivity contribution in [3.05, 3.63) is 42.5 Å². The van der Waals surface area contributed by atoms with Gasteiger partial charge in [0.15, 0.2) is 0 Å². The fourth-order valence-corrected chi connectivity index (χ4v) is 4.46. The second-order valence-corrected chi connectivity index (χ2v) is 8.45. The van der Waals surface area contributed by atoms with Crippen LogP contribution in [0.3, 0.4) is 0 Å². The Balaban J connectivity index is 1.86. The van der Waals surface area contributed by atoms with E-state index in [1.165, 1.54) is 0 Å². The Labute approximate surface area is 126 Å². The fraction of sp³-hybridized carbons (Fsp3) is 0.412. The lowest BCUT2D eigenvalue weighted by molar-refractivity contribution is 0.372. The molecule has 0 spiro atoms. The van der Waals surface area contributed by atoms with Crippen LogP contribution in [0.5, 0.6) is 0 Å². The molecule has 1 N–H and O–H groups in total. The van der Waals surface area contributed by atoms with Gasteiger partial charge in [0.1, 0.15) is 0 Å². The molecule has 3 rings (SSSR count). The van der Waals surface area contributed by atoms with Crippen molar-refractivity contribution in [2.75, 3.05) is 0 Å². The van der Waals surface area contributed by atoms with Gasteiger partial charge in [-0.3, -0.25) is 0 Å². The summed E-state index contributed by atoms with van der Waals surface area (Å²) in [6.07, 6.45) is 2.89. The summed E-state index contributed by atoms with van der Waals surface area (Å²) >= 11 is 0. The van der Waals surface area contributed by atoms with Crippen molar-refractivity contribution in [2.45, 2.75) is 44.0 Å². The van der Waals surface area contributed by atoms with E-state index < -0.39 is 10.0 Å². The summed E-state index contributed by atoms with van der Waals surface area (Å²) in [6.45, 7) is 4.38. The Kier molecular flexibility index (Phi) is 3.54. The van der Waals surface area contributed by atoms with E-state index in [9.17, 15) is 8.42 Å². The molecule has 4 heteroatoms. The van der Waals surface area contributed by atoms with Crippen LogP contribution in [0.2, 0.25) is 0 Å². The van der Waals surface area contributed by atoms with Gasteiger partial charge in [0.05, 0.1) is 4.90 Å². The van der Waals surface area contributed by atoms with Gasteiger partial charge in [-0.1, -0.05) is 44.2 Å². The summed E-state index contributed by atoms with van der Waals surface area (Å²) in [6, 6.07) is 13.1. The van der Waals surface area contributed by atoms with Gasteiger partial charge in [-0.05, 0) is 47.6 Å². The zero-order chi connectivity index (χ0) is 15.1. The van der Waals surface area contributed by atoms with E-state index in [-0.39, 0.29) is 11.5 Å². The normalized spacial score (nSPS) is 21.7. The standard InChI is InChI=1S/C17H21NO2S/c1-17(2)10-9-15(12-17)18-21(19,20)16-8-7-13-5-3-4-6-14(13)11-16/h3-8,11,15,18H,9-10,12H2,1-2H3. The zero-order valence-corrected chi connectivity index (χ0v) is 13.3. The Morgan fingerprint density at radius 3 is 2.48 bits per heavy atom. The first kappa shape index (κ1) is 14.5. The highest BCUT2D eigenvalue weighted by Gasteiger charge is 2.33. The molecule has 0 radical (unpaired) electrons. The molecule has 0 bridgehead atoms. The molecule has 0 aromatic heterocycles. The predicted octanol–water partition coefficient (Wildman–Crippen LogP) is 3.70. The predicted molar refractivity (Wildman–Crippen MR) is 85.7 cm³/mol. The smallest absolute Gasteiger partial charge is 0.208 e. The molecule has 2 aromatic rings. The number of sulfonamides is 1. The zero-order valence-electron chi connectivity index (χ0n) is 12.5. The van der Waals surface area contributed by atoms with Crippen molar-refractivity contribution in [3.8, 4) is 0 Å². The quantitative estimate of drug-likeness (QED) is 0.940. The maximum atomic E-state index is 12.5. The lowest BCUT2D eigenvalue weighted by Crippen LogP contribution is -2.33. The molecule has 1 atom stereocenters. The van der Waals surface area contributed by atoms with Crippen LogP contribution in [0.4, 0.5) is 0 Å². The number of hydrogen-bond donors (Lipinski definition) is 1. The van der Waals surface area contributed by atoms with Crippen molar-refractivity contribution >= 4 is 20.8 Å². The maximum Gasteiger partial charge on any atom is 0.240 e. The average molecular weight is 303 g/mol. The van der Waals surface area contributed by atoms with E-state index in [4.69, 9.17) is 0 Å². The van der Waals surface area contributed by atoms with Gasteiger partial charge >= 0.3 is 0 Å². The van der Waals surface area contributed by atoms with Crippen LogP contribution in [0, 0.1) is 5.41 Å². The first-order valence-corrected chi connectivity index (χ1v) is 8.85. The fourth-order valence-electron chi connectivity index (χ4n) is 3.16. The largest absolute Gasteiger partial charge is 0.240 e. The Morgan fingerprint density at radius 1 is 1.10 bits per heavy atom. The number of benzene rings is 2. The molecule has 21 heavy (non-hydrogen) atoms. The Bertz CT molecular complexity index is 765. The summed E-state index contributed by atoms with van der Waals surface area (Å²) < 4.78 is 27.9. The Morgan fingerprint density at radius 2 is 1.81 bits per heavy atom. The lowest BCUT2D eigenvalue weighted by atomic mass is 9.92. The van der Waals surface area contributed by atoms with Crippen molar-refractivity contribution in [2.24, 2.45) is 5.41 Å². The minimum atomic E-state index is -3.44. The summed E-state index contributed by atoms with van der Waals surface area (Å²) in [5.74, 6) is 0. The van der Waals surface area contributed by atoms with Crippen LogP contribution >= 0.6 is 0 Å². The van der Waals surface area contributed by atoms with Crippen LogP contribution in [-0.4, -0.2) is 14.5 Å². The SMILES string of the molecule is CC1(C)CCC(NS(=O)(=O)c2ccc3ccccc3c2)C1. The van der Waals surface area contributed by atoms with Gasteiger partial charge in [-0.15, -0.1) is 0 Å². The summed E-state index contributed by atoms with van der Waals surface area (Å²) in [7, 11) is -3.44. The second kappa shape index (κ2) is 5.11. The highest BCUT2D eigenvalue weighted by molar-refractivity contribution is 7.89. The van der Waals surface area contributed by atoms with Crippen molar-refractivity contribution in [3.63, 3.8) is 0 Å². The molecule has 3 nitrogen and oxygen atoms in total. The third-order valence-electron chi connectivity index (χ3n) is 4.32. The molecule has 1 unspecified atom stereocenters. The van der Waals surface area contributed by atoms with E-state index in [1.807, 2.05) is 30.3 Å². The van der Waals surface area contributed by atoms with Crippen molar-refractivity contribution in [1.29, 1.82) is 0 Å². The van der Waals surface area contributed by atoms with Gasteiger partial charge in [-0.2, -0.15) is 0 Å². The van der Waals surface area contributed by atoms with Gasteiger partial charge in [0.25, 0.3) is 0 Å². The van der Waals surface area contributed by atoms with Crippen molar-refractivity contribution in [1.82, 2.24) is 4.72 Å². The third kappa shape index (κ3) is 3.11. The van der Waals surface area contributed by atoms with Gasteiger partial charge < -0.3 is 0 Å². The van der Waals surface area contributed by atoms with Crippen LogP contribution < -0.4 is 4.72 Å². The lowest BCUT2D eigenvalue weighted by Gasteiger charge is -2.18. The summed E-state index contributed by atoms with van der Waals surface area (Å²) in [5, 5.41) is 2.01. The monoisotopic (exact) mass is 303 g/mol. The van der Waals surface area contributed by atoms with E-state index in [0.717, 1.165) is 30.0 Å². The number of rotatable bonds is 3. The highest BCUT2D eigenvalue weighted by Crippen LogP contribution is 2.37. The molecule has 0 heterocycles. The average Bonchev–Trinajstić information content (AvgIpc) is 2.76. The number of nitrogens with one attached hydrogen (secondary N) is 1. The van der Waals surface area contributed by atoms with E-state index in [1.54, 1.807) is 12.1 Å². The molecule has 1 aliphatic rings. The van der Waals surface area contributed by atoms with Crippen molar-refractivity contribution < 1.29 is 8.42 Å². The molecule has 0 saturated heterocycles. The van der Waals surface area contributed by atoms with Gasteiger partial charge in [0, 0.05) is 6.04 Å². The van der Waals surface area contributed by atoms with Crippen LogP contribution in [0.1, 0.15) is 33.1 Å². The van der Waals surface area contributed by atoms with E-state index in [2.05, 4.69) is 18.6 Å². The molecule has 1 aliphatic carbocycles. The molecule has 112 valence electrons. The second-order valence-electron chi connectivity index (χ2n) is 6.73. The van der Waals surface area contributed by atoms with E-state index >= 15 is 0 Å². The minimum Gasteiger partial charge on any atom is -0.208 e. The van der Waals surface area contributed by atoms with Crippen LogP contribution in [0.25, 0.3) is 10.8 Å². The maximum absolute atomic E-state index is 12.5. The van der Waals surface area contributed by atoms with Gasteiger partial charge in [-0.25, -0.2) is 13.1 Å². The number of hydrogen-bond acceptors (Lipinski definition) is 2. The van der Waals surface area contributed by atoms with E-state index in [0.29, 0.717) is 4.90 Å². The molecular formula is C17H21NO2S. The summed E-state index contributed by atoms with van der Waals surface area (Å²) in [4.78, 5) is 0.353.